The summed E-state index contributed by atoms with van der Waals surface area (Å²) in [5, 5.41) is 16.6. The molecule has 4 rings (SSSR count). The van der Waals surface area contributed by atoms with E-state index in [2.05, 4.69) is 10.5 Å². The van der Waals surface area contributed by atoms with Gasteiger partial charge < -0.3 is 19.8 Å². The fourth-order valence-electron chi connectivity index (χ4n) is 3.60. The first kappa shape index (κ1) is 19.8. The van der Waals surface area contributed by atoms with Crippen LogP contribution in [-0.4, -0.2) is 39.5 Å². The number of rotatable bonds is 4. The van der Waals surface area contributed by atoms with Crippen molar-refractivity contribution in [3.05, 3.63) is 68.9 Å². The molecule has 0 saturated carbocycles. The molecule has 0 saturated heterocycles. The average molecular weight is 425 g/mol. The van der Waals surface area contributed by atoms with Gasteiger partial charge in [0.05, 0.1) is 17.8 Å². The highest BCUT2D eigenvalue weighted by molar-refractivity contribution is 7.17. The summed E-state index contributed by atoms with van der Waals surface area (Å²) in [6.45, 7) is 4.04. The monoisotopic (exact) mass is 425 g/mol. The van der Waals surface area contributed by atoms with Crippen LogP contribution >= 0.6 is 11.3 Å². The number of benzene rings is 1. The Bertz CT molecular complexity index is 1130. The Morgan fingerprint density at radius 2 is 1.90 bits per heavy atom. The van der Waals surface area contributed by atoms with Crippen LogP contribution in [0.3, 0.4) is 0 Å². The smallest absolute Gasteiger partial charge is 0.339 e. The number of aryl methyl sites for hydroxylation is 2. The van der Waals surface area contributed by atoms with Crippen molar-refractivity contribution in [3.8, 4) is 0 Å². The second kappa shape index (κ2) is 7.75. The fourth-order valence-corrected chi connectivity index (χ4v) is 4.85. The Hall–Kier alpha value is -3.46. The van der Waals surface area contributed by atoms with E-state index in [1.807, 2.05) is 0 Å². The van der Waals surface area contributed by atoms with Gasteiger partial charge in [-0.2, -0.15) is 0 Å². The molecule has 1 aliphatic rings. The number of amides is 2. The van der Waals surface area contributed by atoms with Crippen molar-refractivity contribution in [2.45, 2.75) is 26.8 Å². The summed E-state index contributed by atoms with van der Waals surface area (Å²) < 4.78 is 5.10. The van der Waals surface area contributed by atoms with Gasteiger partial charge >= 0.3 is 5.97 Å². The molecule has 0 aliphatic carbocycles. The van der Waals surface area contributed by atoms with Gasteiger partial charge in [0.15, 0.2) is 0 Å². The van der Waals surface area contributed by atoms with Crippen LogP contribution in [-0.2, 0) is 13.0 Å². The number of nitrogens with zero attached hydrogens (tertiary/aromatic N) is 2. The van der Waals surface area contributed by atoms with Crippen molar-refractivity contribution in [2.24, 2.45) is 0 Å². The number of carbonyl (C=O) groups excluding carboxylic acids is 2. The number of fused-ring (bicyclic) bond motifs is 1. The Morgan fingerprint density at radius 3 is 2.53 bits per heavy atom. The Labute approximate surface area is 176 Å². The molecule has 3 aromatic rings. The van der Waals surface area contributed by atoms with Crippen molar-refractivity contribution in [2.75, 3.05) is 11.9 Å². The van der Waals surface area contributed by atoms with Crippen molar-refractivity contribution in [3.63, 3.8) is 0 Å². The number of hydrogen-bond donors (Lipinski definition) is 2. The third-order valence-electron chi connectivity index (χ3n) is 5.07. The minimum absolute atomic E-state index is 0.101. The lowest BCUT2D eigenvalue weighted by Gasteiger charge is -2.27. The molecule has 154 valence electrons. The van der Waals surface area contributed by atoms with Gasteiger partial charge in [-0.3, -0.25) is 9.59 Å². The van der Waals surface area contributed by atoms with Crippen LogP contribution in [0.4, 0.5) is 5.00 Å². The largest absolute Gasteiger partial charge is 0.478 e. The minimum atomic E-state index is -1.10. The number of aromatic carboxylic acids is 1. The number of hydrogen-bond acceptors (Lipinski definition) is 6. The molecule has 2 aromatic heterocycles. The molecule has 9 heteroatoms. The molecular formula is C21H19N3O5S. The lowest BCUT2D eigenvalue weighted by Crippen LogP contribution is -2.36. The van der Waals surface area contributed by atoms with Crippen LogP contribution in [0.5, 0.6) is 0 Å². The normalized spacial score (nSPS) is 13.1. The van der Waals surface area contributed by atoms with E-state index in [9.17, 15) is 19.5 Å². The van der Waals surface area contributed by atoms with Crippen molar-refractivity contribution in [1.82, 2.24) is 10.1 Å². The highest BCUT2D eigenvalue weighted by Crippen LogP contribution is 2.38. The van der Waals surface area contributed by atoms with Crippen LogP contribution in [0, 0.1) is 13.8 Å². The molecule has 0 fully saturated rings. The van der Waals surface area contributed by atoms with Gasteiger partial charge in [-0.1, -0.05) is 23.4 Å². The second-order valence-corrected chi connectivity index (χ2v) is 8.11. The number of anilines is 1. The third kappa shape index (κ3) is 3.48. The lowest BCUT2D eigenvalue weighted by atomic mass is 10.0. The van der Waals surface area contributed by atoms with E-state index in [0.717, 1.165) is 4.88 Å². The number of nitrogens with one attached hydrogen (secondary N) is 1. The van der Waals surface area contributed by atoms with E-state index in [1.165, 1.54) is 11.3 Å². The van der Waals surface area contributed by atoms with Gasteiger partial charge in [-0.05, 0) is 38.0 Å². The van der Waals surface area contributed by atoms with E-state index in [4.69, 9.17) is 4.52 Å². The molecule has 30 heavy (non-hydrogen) atoms. The van der Waals surface area contributed by atoms with E-state index < -0.39 is 5.97 Å². The van der Waals surface area contributed by atoms with E-state index in [-0.39, 0.29) is 28.9 Å². The molecule has 2 N–H and O–H groups in total. The number of aromatic nitrogens is 1. The summed E-state index contributed by atoms with van der Waals surface area (Å²) in [6.07, 6.45) is 0.393. The second-order valence-electron chi connectivity index (χ2n) is 7.01. The minimum Gasteiger partial charge on any atom is -0.478 e. The Balaban J connectivity index is 1.62. The maximum Gasteiger partial charge on any atom is 0.339 e. The highest BCUT2D eigenvalue weighted by Gasteiger charge is 2.32. The van der Waals surface area contributed by atoms with Crippen LogP contribution in [0.1, 0.15) is 53.0 Å². The zero-order chi connectivity index (χ0) is 21.4. The van der Waals surface area contributed by atoms with Crippen LogP contribution in [0.15, 0.2) is 34.9 Å². The summed E-state index contributed by atoms with van der Waals surface area (Å²) in [7, 11) is 0. The summed E-state index contributed by atoms with van der Waals surface area (Å²) in [6, 6.07) is 8.60. The maximum absolute atomic E-state index is 12.9. The van der Waals surface area contributed by atoms with E-state index in [1.54, 1.807) is 49.1 Å². The molecule has 0 bridgehead atoms. The fraction of sp³-hybridized carbons (Fsp3) is 0.238. The molecule has 2 amide bonds. The van der Waals surface area contributed by atoms with Crippen LogP contribution in [0.25, 0.3) is 0 Å². The molecule has 0 atom stereocenters. The molecule has 0 radical (unpaired) electrons. The van der Waals surface area contributed by atoms with E-state index >= 15 is 0 Å². The average Bonchev–Trinajstić information content (AvgIpc) is 3.26. The summed E-state index contributed by atoms with van der Waals surface area (Å²) in [4.78, 5) is 39.8. The van der Waals surface area contributed by atoms with Crippen LogP contribution in [0.2, 0.25) is 0 Å². The molecule has 0 spiro atoms. The SMILES string of the molecule is Cc1noc(C)c1C(=O)N1CCc2c(sc(NC(=O)c3ccccc3)c2C(=O)O)C1. The van der Waals surface area contributed by atoms with Crippen molar-refractivity contribution >= 4 is 34.1 Å². The van der Waals surface area contributed by atoms with Gasteiger partial charge in [0.25, 0.3) is 11.8 Å². The predicted molar refractivity (Wildman–Crippen MR) is 110 cm³/mol. The topological polar surface area (TPSA) is 113 Å². The zero-order valence-electron chi connectivity index (χ0n) is 16.4. The highest BCUT2D eigenvalue weighted by atomic mass is 32.1. The lowest BCUT2D eigenvalue weighted by molar-refractivity contribution is 0.0696. The predicted octanol–water partition coefficient (Wildman–Crippen LogP) is 3.50. The maximum atomic E-state index is 12.9. The van der Waals surface area contributed by atoms with Gasteiger partial charge in [-0.15, -0.1) is 11.3 Å². The number of carboxylic acids is 1. The first-order chi connectivity index (χ1) is 14.4. The summed E-state index contributed by atoms with van der Waals surface area (Å²) in [5.74, 6) is -1.21. The first-order valence-corrected chi connectivity index (χ1v) is 10.1. The molecular weight excluding hydrogens is 406 g/mol. The quantitative estimate of drug-likeness (QED) is 0.662. The first-order valence-electron chi connectivity index (χ1n) is 9.33. The number of thiophene rings is 1. The number of carboxylic acid groups (broad SMARTS) is 1. The van der Waals surface area contributed by atoms with E-state index in [0.29, 0.717) is 41.1 Å². The molecule has 1 aliphatic heterocycles. The van der Waals surface area contributed by atoms with Gasteiger partial charge in [0, 0.05) is 17.0 Å². The van der Waals surface area contributed by atoms with Crippen molar-refractivity contribution < 1.29 is 24.0 Å². The summed E-state index contributed by atoms with van der Waals surface area (Å²) in [5.41, 5.74) is 2.17. The third-order valence-corrected chi connectivity index (χ3v) is 6.20. The molecule has 8 nitrogen and oxygen atoms in total. The van der Waals surface area contributed by atoms with Crippen molar-refractivity contribution in [1.29, 1.82) is 0 Å². The molecule has 0 unspecified atom stereocenters. The standard InChI is InChI=1S/C21H19N3O5S/c1-11-16(12(2)29-23-11)20(26)24-9-8-14-15(10-24)30-19(17(14)21(27)28)22-18(25)13-6-4-3-5-7-13/h3-7H,8-10H2,1-2H3,(H,22,25)(H,27,28). The molecule has 1 aromatic carbocycles. The van der Waals surface area contributed by atoms with Gasteiger partial charge in [-0.25, -0.2) is 4.79 Å². The van der Waals surface area contributed by atoms with Crippen LogP contribution < -0.4 is 5.32 Å². The van der Waals surface area contributed by atoms with Gasteiger partial charge in [0.2, 0.25) is 0 Å². The molecule has 3 heterocycles. The zero-order valence-corrected chi connectivity index (χ0v) is 17.2. The summed E-state index contributed by atoms with van der Waals surface area (Å²) >= 11 is 1.19. The Kier molecular flexibility index (Phi) is 5.13. The van der Waals surface area contributed by atoms with Gasteiger partial charge in [0.1, 0.15) is 16.3 Å². The number of carbonyl (C=O) groups is 3. The Morgan fingerprint density at radius 1 is 1.17 bits per heavy atom.